The van der Waals surface area contributed by atoms with Crippen molar-refractivity contribution in [2.75, 3.05) is 0 Å². The Morgan fingerprint density at radius 1 is 1.44 bits per heavy atom. The Hall–Kier alpha value is -2.10. The van der Waals surface area contributed by atoms with Crippen LogP contribution in [0.1, 0.15) is 17.7 Å². The number of aliphatic carboxylic acids is 1. The summed E-state index contributed by atoms with van der Waals surface area (Å²) in [5.41, 5.74) is 4.12. The van der Waals surface area contributed by atoms with Crippen molar-refractivity contribution in [1.29, 1.82) is 0 Å². The van der Waals surface area contributed by atoms with Crippen LogP contribution in [0, 0.1) is 6.92 Å². The standard InChI is InChI=1S/C14H16N2O2/c1-10-4-3-5-11(8-10)12-9-16(2)15-13(12)6-7-14(17)18/h3-5,8-9H,6-7H2,1-2H3,(H,17,18). The van der Waals surface area contributed by atoms with Crippen LogP contribution in [0.25, 0.3) is 11.1 Å². The molecule has 1 aromatic carbocycles. The summed E-state index contributed by atoms with van der Waals surface area (Å²) < 4.78 is 1.73. The van der Waals surface area contributed by atoms with E-state index >= 15 is 0 Å². The molecule has 2 aromatic rings. The molecule has 4 nitrogen and oxygen atoms in total. The van der Waals surface area contributed by atoms with Crippen molar-refractivity contribution < 1.29 is 9.90 Å². The second kappa shape index (κ2) is 5.04. The van der Waals surface area contributed by atoms with E-state index < -0.39 is 5.97 Å². The summed E-state index contributed by atoms with van der Waals surface area (Å²) in [6.45, 7) is 2.04. The average molecular weight is 244 g/mol. The first-order valence-corrected chi connectivity index (χ1v) is 5.87. The van der Waals surface area contributed by atoms with Crippen molar-refractivity contribution in [3.05, 3.63) is 41.7 Å². The summed E-state index contributed by atoms with van der Waals surface area (Å²) in [6.07, 6.45) is 2.50. The minimum atomic E-state index is -0.796. The minimum absolute atomic E-state index is 0.107. The van der Waals surface area contributed by atoms with Gasteiger partial charge in [-0.05, 0) is 12.5 Å². The lowest BCUT2D eigenvalue weighted by atomic mass is 10.0. The lowest BCUT2D eigenvalue weighted by molar-refractivity contribution is -0.136. The molecule has 18 heavy (non-hydrogen) atoms. The van der Waals surface area contributed by atoms with Gasteiger partial charge in [-0.1, -0.05) is 29.8 Å². The van der Waals surface area contributed by atoms with Gasteiger partial charge in [0.1, 0.15) is 0 Å². The molecule has 0 aliphatic carbocycles. The largest absolute Gasteiger partial charge is 0.481 e. The molecule has 0 bridgehead atoms. The summed E-state index contributed by atoms with van der Waals surface area (Å²) in [5, 5.41) is 13.1. The molecule has 0 amide bonds. The van der Waals surface area contributed by atoms with Crippen LogP contribution in [-0.2, 0) is 18.3 Å². The molecule has 0 spiro atoms. The Kier molecular flexibility index (Phi) is 3.46. The predicted molar refractivity (Wildman–Crippen MR) is 69.3 cm³/mol. The molecule has 0 fully saturated rings. The molecule has 0 unspecified atom stereocenters. The van der Waals surface area contributed by atoms with Crippen LogP contribution in [0.2, 0.25) is 0 Å². The van der Waals surface area contributed by atoms with Gasteiger partial charge in [-0.3, -0.25) is 9.48 Å². The van der Waals surface area contributed by atoms with Crippen LogP contribution in [0.4, 0.5) is 0 Å². The fourth-order valence-corrected chi connectivity index (χ4v) is 2.00. The van der Waals surface area contributed by atoms with Gasteiger partial charge in [-0.25, -0.2) is 0 Å². The highest BCUT2D eigenvalue weighted by molar-refractivity contribution is 5.69. The van der Waals surface area contributed by atoms with Gasteiger partial charge in [0.25, 0.3) is 0 Å². The van der Waals surface area contributed by atoms with Crippen LogP contribution in [0.5, 0.6) is 0 Å². The number of hydrogen-bond donors (Lipinski definition) is 1. The maximum absolute atomic E-state index is 10.6. The number of carbonyl (C=O) groups is 1. The predicted octanol–water partition coefficient (Wildman–Crippen LogP) is 2.41. The van der Waals surface area contributed by atoms with Crippen LogP contribution in [-0.4, -0.2) is 20.9 Å². The first-order valence-electron chi connectivity index (χ1n) is 5.87. The lowest BCUT2D eigenvalue weighted by Crippen LogP contribution is -1.99. The SMILES string of the molecule is Cc1cccc(-c2cn(C)nc2CCC(=O)O)c1. The molecule has 94 valence electrons. The number of aromatic nitrogens is 2. The van der Waals surface area contributed by atoms with E-state index in [1.807, 2.05) is 38.4 Å². The zero-order valence-electron chi connectivity index (χ0n) is 10.6. The lowest BCUT2D eigenvalue weighted by Gasteiger charge is -2.02. The molecule has 1 heterocycles. The van der Waals surface area contributed by atoms with Gasteiger partial charge in [0.05, 0.1) is 12.1 Å². The fraction of sp³-hybridized carbons (Fsp3) is 0.286. The highest BCUT2D eigenvalue weighted by atomic mass is 16.4. The number of aryl methyl sites for hydroxylation is 3. The highest BCUT2D eigenvalue weighted by Crippen LogP contribution is 2.24. The molecule has 0 atom stereocenters. The molecular weight excluding hydrogens is 228 g/mol. The Morgan fingerprint density at radius 3 is 2.89 bits per heavy atom. The molecular formula is C14H16N2O2. The van der Waals surface area contributed by atoms with Gasteiger partial charge in [0.2, 0.25) is 0 Å². The van der Waals surface area contributed by atoms with Crippen LogP contribution in [0.3, 0.4) is 0 Å². The van der Waals surface area contributed by atoms with Crippen molar-refractivity contribution in [3.63, 3.8) is 0 Å². The molecule has 0 saturated heterocycles. The second-order valence-electron chi connectivity index (χ2n) is 4.43. The maximum Gasteiger partial charge on any atom is 0.303 e. The minimum Gasteiger partial charge on any atom is -0.481 e. The molecule has 0 radical (unpaired) electrons. The normalized spacial score (nSPS) is 10.6. The van der Waals surface area contributed by atoms with Crippen molar-refractivity contribution in [1.82, 2.24) is 9.78 Å². The number of carboxylic acid groups (broad SMARTS) is 1. The Morgan fingerprint density at radius 2 is 2.22 bits per heavy atom. The van der Waals surface area contributed by atoms with Gasteiger partial charge in [-0.15, -0.1) is 0 Å². The molecule has 0 aliphatic rings. The Balaban J connectivity index is 2.35. The van der Waals surface area contributed by atoms with Crippen molar-refractivity contribution in [3.8, 4) is 11.1 Å². The molecule has 2 rings (SSSR count). The molecule has 1 aromatic heterocycles. The van der Waals surface area contributed by atoms with Gasteiger partial charge >= 0.3 is 5.97 Å². The van der Waals surface area contributed by atoms with E-state index in [2.05, 4.69) is 11.2 Å². The summed E-state index contributed by atoms with van der Waals surface area (Å²) >= 11 is 0. The number of hydrogen-bond acceptors (Lipinski definition) is 2. The third-order valence-electron chi connectivity index (χ3n) is 2.81. The summed E-state index contributed by atoms with van der Waals surface area (Å²) in [4.78, 5) is 10.6. The first kappa shape index (κ1) is 12.4. The Labute approximate surface area is 106 Å². The number of nitrogens with zero attached hydrogens (tertiary/aromatic N) is 2. The monoisotopic (exact) mass is 244 g/mol. The fourth-order valence-electron chi connectivity index (χ4n) is 2.00. The molecule has 1 N–H and O–H groups in total. The van der Waals surface area contributed by atoms with Crippen molar-refractivity contribution in [2.24, 2.45) is 7.05 Å². The van der Waals surface area contributed by atoms with E-state index in [0.717, 1.165) is 16.8 Å². The summed E-state index contributed by atoms with van der Waals surface area (Å²) in [5.74, 6) is -0.796. The van der Waals surface area contributed by atoms with Gasteiger partial charge in [0, 0.05) is 25.2 Å². The Bertz CT molecular complexity index is 573. The summed E-state index contributed by atoms with van der Waals surface area (Å²) in [7, 11) is 1.85. The van der Waals surface area contributed by atoms with Crippen LogP contribution < -0.4 is 0 Å². The molecule has 4 heteroatoms. The first-order chi connectivity index (χ1) is 8.56. The average Bonchev–Trinajstić information content (AvgIpc) is 2.68. The van der Waals surface area contributed by atoms with Gasteiger partial charge in [0.15, 0.2) is 0 Å². The van der Waals surface area contributed by atoms with Crippen molar-refractivity contribution in [2.45, 2.75) is 19.8 Å². The number of benzene rings is 1. The van der Waals surface area contributed by atoms with E-state index in [-0.39, 0.29) is 6.42 Å². The third-order valence-corrected chi connectivity index (χ3v) is 2.81. The molecule has 0 saturated carbocycles. The van der Waals surface area contributed by atoms with E-state index in [4.69, 9.17) is 5.11 Å². The van der Waals surface area contributed by atoms with E-state index in [1.165, 1.54) is 5.56 Å². The van der Waals surface area contributed by atoms with E-state index in [1.54, 1.807) is 4.68 Å². The van der Waals surface area contributed by atoms with Crippen LogP contribution >= 0.6 is 0 Å². The van der Waals surface area contributed by atoms with E-state index in [9.17, 15) is 4.79 Å². The zero-order valence-corrected chi connectivity index (χ0v) is 10.6. The van der Waals surface area contributed by atoms with Crippen molar-refractivity contribution >= 4 is 5.97 Å². The summed E-state index contributed by atoms with van der Waals surface area (Å²) in [6, 6.07) is 8.14. The smallest absolute Gasteiger partial charge is 0.303 e. The van der Waals surface area contributed by atoms with E-state index in [0.29, 0.717) is 6.42 Å². The second-order valence-corrected chi connectivity index (χ2v) is 4.43. The van der Waals surface area contributed by atoms with Gasteiger partial charge < -0.3 is 5.11 Å². The topological polar surface area (TPSA) is 55.1 Å². The molecule has 0 aliphatic heterocycles. The number of carboxylic acids is 1. The van der Waals surface area contributed by atoms with Gasteiger partial charge in [-0.2, -0.15) is 5.10 Å². The van der Waals surface area contributed by atoms with Crippen LogP contribution in [0.15, 0.2) is 30.5 Å². The quantitative estimate of drug-likeness (QED) is 0.898. The third kappa shape index (κ3) is 2.77. The number of rotatable bonds is 4. The zero-order chi connectivity index (χ0) is 13.1. The maximum atomic E-state index is 10.6. The highest BCUT2D eigenvalue weighted by Gasteiger charge is 2.11.